The Morgan fingerprint density at radius 1 is 1.35 bits per heavy atom. The molecule has 3 rings (SSSR count). The zero-order valence-corrected chi connectivity index (χ0v) is 13.8. The molecule has 1 aliphatic heterocycles. The topological polar surface area (TPSA) is 47.6 Å². The van der Waals surface area contributed by atoms with E-state index in [1.165, 1.54) is 44.8 Å². The molecule has 124 valence electrons. The van der Waals surface area contributed by atoms with Crippen molar-refractivity contribution >= 4 is 17.7 Å². The number of allylic oxidation sites excluding steroid dienone is 1. The summed E-state index contributed by atoms with van der Waals surface area (Å²) in [5.74, 6) is 0.686. The Hall–Kier alpha value is -1.97. The van der Waals surface area contributed by atoms with Gasteiger partial charge in [0.15, 0.2) is 0 Å². The molecule has 0 bridgehead atoms. The molecule has 1 aromatic rings. The molecule has 4 heteroatoms. The quantitative estimate of drug-likeness (QED) is 0.848. The Balaban J connectivity index is 1.62. The molecule has 0 saturated heterocycles. The second-order valence-electron chi connectivity index (χ2n) is 6.35. The molecule has 0 unspecified atom stereocenters. The molecule has 1 N–H and O–H groups in total. The third-order valence-electron chi connectivity index (χ3n) is 4.58. The number of methoxy groups -OCH3 is 1. The van der Waals surface area contributed by atoms with E-state index in [0.717, 1.165) is 18.0 Å². The lowest BCUT2D eigenvalue weighted by Crippen LogP contribution is -2.31. The van der Waals surface area contributed by atoms with Crippen molar-refractivity contribution in [1.82, 2.24) is 0 Å². The van der Waals surface area contributed by atoms with Crippen LogP contribution < -0.4 is 10.1 Å². The monoisotopic (exact) mass is 315 g/mol. The molecule has 1 fully saturated rings. The Kier molecular flexibility index (Phi) is 5.21. The minimum absolute atomic E-state index is 0.0177. The van der Waals surface area contributed by atoms with Crippen molar-refractivity contribution in [2.24, 2.45) is 0 Å². The Morgan fingerprint density at radius 3 is 2.96 bits per heavy atom. The molecule has 23 heavy (non-hydrogen) atoms. The summed E-state index contributed by atoms with van der Waals surface area (Å²) in [7, 11) is 1.42. The number of carbonyl (C=O) groups is 1. The minimum atomic E-state index is -0.186. The van der Waals surface area contributed by atoms with Crippen molar-refractivity contribution in [3.05, 3.63) is 29.3 Å². The van der Waals surface area contributed by atoms with Gasteiger partial charge in [-0.1, -0.05) is 24.1 Å². The van der Waals surface area contributed by atoms with E-state index in [-0.39, 0.29) is 12.1 Å². The van der Waals surface area contributed by atoms with Gasteiger partial charge in [-0.3, -0.25) is 4.79 Å². The van der Waals surface area contributed by atoms with Crippen LogP contribution in [0.15, 0.2) is 23.8 Å². The lowest BCUT2D eigenvalue weighted by atomic mass is 9.93. The summed E-state index contributed by atoms with van der Waals surface area (Å²) < 4.78 is 10.7. The van der Waals surface area contributed by atoms with Crippen molar-refractivity contribution < 1.29 is 14.3 Å². The molecular weight excluding hydrogens is 290 g/mol. The number of fused-ring (bicyclic) bond motifs is 1. The summed E-state index contributed by atoms with van der Waals surface area (Å²) >= 11 is 0. The molecule has 0 radical (unpaired) electrons. The number of ether oxygens (including phenoxy) is 2. The Morgan fingerprint density at radius 2 is 2.17 bits per heavy atom. The maximum Gasteiger partial charge on any atom is 0.305 e. The van der Waals surface area contributed by atoms with E-state index >= 15 is 0 Å². The highest BCUT2D eigenvalue weighted by atomic mass is 16.5. The van der Waals surface area contributed by atoms with E-state index < -0.39 is 0 Å². The zero-order chi connectivity index (χ0) is 16.1. The van der Waals surface area contributed by atoms with Crippen LogP contribution in [0.3, 0.4) is 0 Å². The molecule has 4 nitrogen and oxygen atoms in total. The summed E-state index contributed by atoms with van der Waals surface area (Å²) in [4.78, 5) is 11.2. The first-order chi connectivity index (χ1) is 11.2. The minimum Gasteiger partial charge on any atom is -0.486 e. The Labute approximate surface area is 137 Å². The van der Waals surface area contributed by atoms with Gasteiger partial charge in [0.25, 0.3) is 0 Å². The number of hydrogen-bond donors (Lipinski definition) is 1. The molecule has 1 heterocycles. The zero-order valence-electron chi connectivity index (χ0n) is 13.8. The first kappa shape index (κ1) is 15.9. The molecule has 0 amide bonds. The molecule has 1 aromatic carbocycles. The standard InChI is InChI=1S/C19H25NO3/c1-22-19(21)10-8-16-13-20-17-12-15(7-9-18(17)23-16)11-14-5-3-2-4-6-14/h7,9,11-12,16,20H,2-6,8,10,13H2,1H3/t16-/m0/s1. The summed E-state index contributed by atoms with van der Waals surface area (Å²) in [6, 6.07) is 6.31. The van der Waals surface area contributed by atoms with Gasteiger partial charge in [-0.05, 0) is 49.8 Å². The maximum atomic E-state index is 11.2. The van der Waals surface area contributed by atoms with E-state index in [1.54, 1.807) is 5.57 Å². The number of benzene rings is 1. The van der Waals surface area contributed by atoms with E-state index in [2.05, 4.69) is 28.3 Å². The second kappa shape index (κ2) is 7.53. The van der Waals surface area contributed by atoms with Crippen LogP contribution in [0.1, 0.15) is 50.5 Å². The fraction of sp³-hybridized carbons (Fsp3) is 0.526. The highest BCUT2D eigenvalue weighted by Crippen LogP contribution is 2.33. The number of anilines is 1. The van der Waals surface area contributed by atoms with Gasteiger partial charge in [0.1, 0.15) is 11.9 Å². The average molecular weight is 315 g/mol. The van der Waals surface area contributed by atoms with Crippen LogP contribution in [0.25, 0.3) is 6.08 Å². The van der Waals surface area contributed by atoms with Gasteiger partial charge in [0, 0.05) is 6.42 Å². The Bertz CT molecular complexity index is 586. The highest BCUT2D eigenvalue weighted by Gasteiger charge is 2.20. The van der Waals surface area contributed by atoms with E-state index in [1.807, 2.05) is 6.07 Å². The first-order valence-electron chi connectivity index (χ1n) is 8.55. The number of hydrogen-bond acceptors (Lipinski definition) is 4. The number of rotatable bonds is 4. The van der Waals surface area contributed by atoms with Crippen molar-refractivity contribution in [2.75, 3.05) is 19.0 Å². The summed E-state index contributed by atoms with van der Waals surface area (Å²) in [6.07, 6.45) is 9.87. The van der Waals surface area contributed by atoms with Gasteiger partial charge in [-0.2, -0.15) is 0 Å². The third kappa shape index (κ3) is 4.27. The number of carbonyl (C=O) groups excluding carboxylic acids is 1. The molecule has 2 aliphatic rings. The van der Waals surface area contributed by atoms with Crippen molar-refractivity contribution in [1.29, 1.82) is 0 Å². The van der Waals surface area contributed by atoms with Crippen LogP contribution >= 0.6 is 0 Å². The first-order valence-corrected chi connectivity index (χ1v) is 8.55. The largest absolute Gasteiger partial charge is 0.486 e. The fourth-order valence-corrected chi connectivity index (χ4v) is 3.25. The van der Waals surface area contributed by atoms with Crippen molar-refractivity contribution in [3.63, 3.8) is 0 Å². The van der Waals surface area contributed by atoms with Gasteiger partial charge >= 0.3 is 5.97 Å². The molecular formula is C19H25NO3. The number of esters is 1. The summed E-state index contributed by atoms with van der Waals surface area (Å²) in [6.45, 7) is 0.726. The van der Waals surface area contributed by atoms with Crippen LogP contribution in [0.2, 0.25) is 0 Å². The maximum absolute atomic E-state index is 11.2. The normalized spacial score (nSPS) is 20.0. The summed E-state index contributed by atoms with van der Waals surface area (Å²) in [5.41, 5.74) is 3.85. The predicted octanol–water partition coefficient (Wildman–Crippen LogP) is 4.16. The highest BCUT2D eigenvalue weighted by molar-refractivity contribution is 5.69. The van der Waals surface area contributed by atoms with Crippen LogP contribution in [0.4, 0.5) is 5.69 Å². The molecule has 1 atom stereocenters. The molecule has 1 aliphatic carbocycles. The van der Waals surface area contributed by atoms with E-state index in [0.29, 0.717) is 12.8 Å². The van der Waals surface area contributed by atoms with E-state index in [4.69, 9.17) is 4.74 Å². The SMILES string of the molecule is COC(=O)CC[C@H]1CNc2cc(C=C3CCCCC3)ccc2O1. The second-order valence-corrected chi connectivity index (χ2v) is 6.35. The average Bonchev–Trinajstić information content (AvgIpc) is 2.60. The van der Waals surface area contributed by atoms with Gasteiger partial charge in [-0.25, -0.2) is 0 Å². The third-order valence-corrected chi connectivity index (χ3v) is 4.58. The van der Waals surface area contributed by atoms with Gasteiger partial charge in [0.05, 0.1) is 19.3 Å². The molecule has 1 saturated carbocycles. The van der Waals surface area contributed by atoms with Gasteiger partial charge < -0.3 is 14.8 Å². The smallest absolute Gasteiger partial charge is 0.305 e. The van der Waals surface area contributed by atoms with Crippen molar-refractivity contribution in [2.45, 2.75) is 51.0 Å². The molecule has 0 aromatic heterocycles. The van der Waals surface area contributed by atoms with Gasteiger partial charge in [-0.15, -0.1) is 0 Å². The van der Waals surface area contributed by atoms with Gasteiger partial charge in [0.2, 0.25) is 0 Å². The van der Waals surface area contributed by atoms with Crippen LogP contribution in [0.5, 0.6) is 5.75 Å². The predicted molar refractivity (Wildman–Crippen MR) is 91.7 cm³/mol. The van der Waals surface area contributed by atoms with Crippen LogP contribution in [-0.4, -0.2) is 25.7 Å². The molecule has 0 spiro atoms. The van der Waals surface area contributed by atoms with Crippen LogP contribution in [-0.2, 0) is 9.53 Å². The lowest BCUT2D eigenvalue weighted by Gasteiger charge is -2.27. The summed E-state index contributed by atoms with van der Waals surface area (Å²) in [5, 5.41) is 3.43. The van der Waals surface area contributed by atoms with Crippen LogP contribution in [0, 0.1) is 0 Å². The number of nitrogens with one attached hydrogen (secondary N) is 1. The van der Waals surface area contributed by atoms with Crippen molar-refractivity contribution in [3.8, 4) is 5.75 Å². The lowest BCUT2D eigenvalue weighted by molar-refractivity contribution is -0.141. The van der Waals surface area contributed by atoms with E-state index in [9.17, 15) is 4.79 Å². The fourth-order valence-electron chi connectivity index (χ4n) is 3.25.